The van der Waals surface area contributed by atoms with Crippen molar-refractivity contribution in [2.75, 3.05) is 6.61 Å². The lowest BCUT2D eigenvalue weighted by molar-refractivity contribution is 0.0499. The highest BCUT2D eigenvalue weighted by atomic mass is 16.5. The van der Waals surface area contributed by atoms with E-state index in [9.17, 15) is 4.79 Å². The highest BCUT2D eigenvalue weighted by molar-refractivity contribution is 5.88. The summed E-state index contributed by atoms with van der Waals surface area (Å²) in [5.41, 5.74) is 0.464. The number of nitrogens with one attached hydrogen (secondary N) is 1. The Bertz CT molecular complexity index is 229. The van der Waals surface area contributed by atoms with E-state index in [0.717, 1.165) is 12.8 Å². The van der Waals surface area contributed by atoms with Crippen LogP contribution in [0.2, 0.25) is 0 Å². The molecular formula is C9H12NO2. The molecule has 0 atom stereocenters. The molecule has 0 bridgehead atoms. The fourth-order valence-electron chi connectivity index (χ4n) is 0.792. The molecule has 1 aromatic heterocycles. The van der Waals surface area contributed by atoms with Gasteiger partial charge in [0.2, 0.25) is 0 Å². The SMILES string of the molecule is CCCCOC(=O)c1[c][nH]cc1. The van der Waals surface area contributed by atoms with Crippen LogP contribution in [0.5, 0.6) is 0 Å². The van der Waals surface area contributed by atoms with Crippen molar-refractivity contribution >= 4 is 5.97 Å². The summed E-state index contributed by atoms with van der Waals surface area (Å²) in [4.78, 5) is 13.8. The number of ether oxygens (including phenoxy) is 1. The molecule has 1 N–H and O–H groups in total. The van der Waals surface area contributed by atoms with Crippen LogP contribution in [0.25, 0.3) is 0 Å². The molecule has 0 aliphatic heterocycles. The molecule has 1 radical (unpaired) electrons. The topological polar surface area (TPSA) is 42.1 Å². The summed E-state index contributed by atoms with van der Waals surface area (Å²) in [5, 5.41) is 0. The van der Waals surface area contributed by atoms with Crippen molar-refractivity contribution < 1.29 is 9.53 Å². The van der Waals surface area contributed by atoms with Gasteiger partial charge in [-0.05, 0) is 12.5 Å². The Labute approximate surface area is 71.7 Å². The summed E-state index contributed by atoms with van der Waals surface area (Å²) in [6.07, 6.45) is 6.26. The van der Waals surface area contributed by atoms with E-state index < -0.39 is 0 Å². The fraction of sp³-hybridized carbons (Fsp3) is 0.444. The van der Waals surface area contributed by atoms with Crippen LogP contribution in [0.4, 0.5) is 0 Å². The molecule has 0 aliphatic carbocycles. The van der Waals surface area contributed by atoms with Gasteiger partial charge in [0.05, 0.1) is 18.4 Å². The van der Waals surface area contributed by atoms with Crippen LogP contribution in [-0.4, -0.2) is 17.6 Å². The zero-order valence-corrected chi connectivity index (χ0v) is 7.09. The molecule has 3 heteroatoms. The summed E-state index contributed by atoms with van der Waals surface area (Å²) in [6.45, 7) is 2.55. The fourth-order valence-corrected chi connectivity index (χ4v) is 0.792. The summed E-state index contributed by atoms with van der Waals surface area (Å²) in [6, 6.07) is 1.65. The van der Waals surface area contributed by atoms with E-state index >= 15 is 0 Å². The molecule has 12 heavy (non-hydrogen) atoms. The number of unbranched alkanes of at least 4 members (excludes halogenated alkanes) is 1. The smallest absolute Gasteiger partial charge is 0.340 e. The van der Waals surface area contributed by atoms with E-state index in [2.05, 4.69) is 18.1 Å². The first kappa shape index (κ1) is 8.84. The number of aromatic nitrogens is 1. The lowest BCUT2D eigenvalue weighted by Gasteiger charge is -2.00. The van der Waals surface area contributed by atoms with Crippen LogP contribution in [0, 0.1) is 6.20 Å². The monoisotopic (exact) mass is 166 g/mol. The second-order valence-corrected chi connectivity index (χ2v) is 2.51. The summed E-state index contributed by atoms with van der Waals surface area (Å²) < 4.78 is 4.94. The molecule has 3 nitrogen and oxygen atoms in total. The zero-order chi connectivity index (χ0) is 8.81. The minimum absolute atomic E-state index is 0.301. The first-order chi connectivity index (χ1) is 5.84. The van der Waals surface area contributed by atoms with Gasteiger partial charge < -0.3 is 9.72 Å². The first-order valence-electron chi connectivity index (χ1n) is 4.06. The maximum Gasteiger partial charge on any atom is 0.340 e. The van der Waals surface area contributed by atoms with Gasteiger partial charge in [0.15, 0.2) is 0 Å². The van der Waals surface area contributed by atoms with E-state index in [4.69, 9.17) is 4.74 Å². The van der Waals surface area contributed by atoms with Gasteiger partial charge in [-0.3, -0.25) is 0 Å². The molecule has 0 saturated heterocycles. The molecule has 0 unspecified atom stereocenters. The van der Waals surface area contributed by atoms with Gasteiger partial charge in [-0.25, -0.2) is 4.79 Å². The summed E-state index contributed by atoms with van der Waals surface area (Å²) in [7, 11) is 0. The van der Waals surface area contributed by atoms with Crippen LogP contribution in [-0.2, 0) is 4.74 Å². The number of carbonyl (C=O) groups excluding carboxylic acids is 1. The minimum atomic E-state index is -0.301. The third kappa shape index (κ3) is 2.42. The zero-order valence-electron chi connectivity index (χ0n) is 7.09. The van der Waals surface area contributed by atoms with Gasteiger partial charge in [0, 0.05) is 6.20 Å². The molecule has 0 amide bonds. The molecule has 0 saturated carbocycles. The Morgan fingerprint density at radius 1 is 1.75 bits per heavy atom. The van der Waals surface area contributed by atoms with Crippen molar-refractivity contribution in [1.82, 2.24) is 4.98 Å². The van der Waals surface area contributed by atoms with Crippen molar-refractivity contribution in [2.45, 2.75) is 19.8 Å². The quantitative estimate of drug-likeness (QED) is 0.547. The first-order valence-corrected chi connectivity index (χ1v) is 4.06. The lowest BCUT2D eigenvalue weighted by atomic mass is 10.3. The number of hydrogen-bond acceptors (Lipinski definition) is 2. The largest absolute Gasteiger partial charge is 0.462 e. The van der Waals surface area contributed by atoms with Crippen LogP contribution in [0.15, 0.2) is 12.3 Å². The average molecular weight is 166 g/mol. The van der Waals surface area contributed by atoms with Crippen molar-refractivity contribution in [3.8, 4) is 0 Å². The van der Waals surface area contributed by atoms with E-state index in [1.165, 1.54) is 0 Å². The summed E-state index contributed by atoms with van der Waals surface area (Å²) >= 11 is 0. The van der Waals surface area contributed by atoms with Crippen molar-refractivity contribution in [2.24, 2.45) is 0 Å². The molecule has 0 spiro atoms. The van der Waals surface area contributed by atoms with Crippen LogP contribution >= 0.6 is 0 Å². The maximum absolute atomic E-state index is 11.1. The van der Waals surface area contributed by atoms with E-state index in [0.29, 0.717) is 12.2 Å². The third-order valence-electron chi connectivity index (χ3n) is 1.49. The number of aromatic amines is 1. The average Bonchev–Trinajstić information content (AvgIpc) is 2.56. The molecular weight excluding hydrogens is 154 g/mol. The Hall–Kier alpha value is -1.25. The number of carbonyl (C=O) groups is 1. The predicted octanol–water partition coefficient (Wildman–Crippen LogP) is 1.77. The molecule has 0 aromatic carbocycles. The van der Waals surface area contributed by atoms with Crippen molar-refractivity contribution in [1.29, 1.82) is 0 Å². The van der Waals surface area contributed by atoms with Crippen molar-refractivity contribution in [3.63, 3.8) is 0 Å². The Kier molecular flexibility index (Phi) is 3.38. The molecule has 1 heterocycles. The standard InChI is InChI=1S/C9H12NO2/c1-2-3-6-12-9(11)8-4-5-10-7-8/h4-5,10H,2-3,6H2,1H3. The molecule has 1 aromatic rings. The Morgan fingerprint density at radius 2 is 2.58 bits per heavy atom. The Balaban J connectivity index is 2.30. The third-order valence-corrected chi connectivity index (χ3v) is 1.49. The van der Waals surface area contributed by atoms with Gasteiger partial charge in [0.1, 0.15) is 0 Å². The lowest BCUT2D eigenvalue weighted by Crippen LogP contribution is -2.04. The van der Waals surface area contributed by atoms with Crippen LogP contribution in [0.1, 0.15) is 30.1 Å². The highest BCUT2D eigenvalue weighted by Crippen LogP contribution is 1.99. The second-order valence-electron chi connectivity index (χ2n) is 2.51. The molecule has 0 aliphatic rings. The predicted molar refractivity (Wildman–Crippen MR) is 44.8 cm³/mol. The minimum Gasteiger partial charge on any atom is -0.462 e. The molecule has 0 fully saturated rings. The number of H-pyrrole nitrogens is 1. The van der Waals surface area contributed by atoms with Crippen molar-refractivity contribution in [3.05, 3.63) is 24.0 Å². The van der Waals surface area contributed by atoms with Gasteiger partial charge >= 0.3 is 5.97 Å². The normalized spacial score (nSPS) is 9.75. The van der Waals surface area contributed by atoms with E-state index in [-0.39, 0.29) is 5.97 Å². The molecule has 1 rings (SSSR count). The van der Waals surface area contributed by atoms with Gasteiger partial charge in [-0.15, -0.1) is 0 Å². The maximum atomic E-state index is 11.1. The summed E-state index contributed by atoms with van der Waals surface area (Å²) in [5.74, 6) is -0.301. The van der Waals surface area contributed by atoms with E-state index in [1.54, 1.807) is 12.3 Å². The molecule has 65 valence electrons. The number of hydrogen-bond donors (Lipinski definition) is 1. The van der Waals surface area contributed by atoms with Gasteiger partial charge in [0.25, 0.3) is 0 Å². The van der Waals surface area contributed by atoms with Crippen LogP contribution in [0.3, 0.4) is 0 Å². The van der Waals surface area contributed by atoms with Crippen LogP contribution < -0.4 is 0 Å². The second kappa shape index (κ2) is 4.59. The van der Waals surface area contributed by atoms with Gasteiger partial charge in [-0.1, -0.05) is 13.3 Å². The highest BCUT2D eigenvalue weighted by Gasteiger charge is 2.05. The number of esters is 1. The van der Waals surface area contributed by atoms with Gasteiger partial charge in [-0.2, -0.15) is 0 Å². The number of rotatable bonds is 4. The Morgan fingerprint density at radius 3 is 3.17 bits per heavy atom. The van der Waals surface area contributed by atoms with E-state index in [1.807, 2.05) is 0 Å².